The fraction of sp³-hybridized carbons (Fsp3) is 0.615. The predicted octanol–water partition coefficient (Wildman–Crippen LogP) is 0.0217. The molecule has 1 amide bonds. The van der Waals surface area contributed by atoms with Gasteiger partial charge < -0.3 is 9.64 Å². The van der Waals surface area contributed by atoms with E-state index >= 15 is 0 Å². The van der Waals surface area contributed by atoms with Crippen LogP contribution in [0.15, 0.2) is 18.5 Å². The van der Waals surface area contributed by atoms with E-state index in [2.05, 4.69) is 22.1 Å². The van der Waals surface area contributed by atoms with Gasteiger partial charge in [-0.2, -0.15) is 10.2 Å². The molecular formula is C13H18N4O2. The number of hydrogen-bond acceptors (Lipinski definition) is 5. The van der Waals surface area contributed by atoms with Crippen molar-refractivity contribution in [2.24, 2.45) is 0 Å². The quantitative estimate of drug-likeness (QED) is 0.714. The predicted molar refractivity (Wildman–Crippen MR) is 68.7 cm³/mol. The van der Waals surface area contributed by atoms with Crippen molar-refractivity contribution >= 4 is 5.91 Å². The Morgan fingerprint density at radius 1 is 1.42 bits per heavy atom. The molecule has 0 aliphatic carbocycles. The molecule has 6 nitrogen and oxygen atoms in total. The number of rotatable bonds is 1. The largest absolute Gasteiger partial charge is 0.375 e. The van der Waals surface area contributed by atoms with Crippen molar-refractivity contribution in [2.75, 3.05) is 33.3 Å². The van der Waals surface area contributed by atoms with Crippen LogP contribution in [0.3, 0.4) is 0 Å². The van der Waals surface area contributed by atoms with Crippen LogP contribution in [-0.2, 0) is 4.74 Å². The van der Waals surface area contributed by atoms with E-state index in [1.807, 2.05) is 4.90 Å². The fourth-order valence-corrected chi connectivity index (χ4v) is 2.83. The highest BCUT2D eigenvalue weighted by Crippen LogP contribution is 2.22. The Bertz CT molecular complexity index is 453. The van der Waals surface area contributed by atoms with E-state index in [9.17, 15) is 4.79 Å². The first-order valence-electron chi connectivity index (χ1n) is 6.63. The molecule has 2 fully saturated rings. The summed E-state index contributed by atoms with van der Waals surface area (Å²) >= 11 is 0. The molecule has 0 N–H and O–H groups in total. The van der Waals surface area contributed by atoms with Gasteiger partial charge in [-0.3, -0.25) is 9.69 Å². The van der Waals surface area contributed by atoms with Crippen molar-refractivity contribution in [1.82, 2.24) is 20.0 Å². The number of carbonyl (C=O) groups is 1. The highest BCUT2D eigenvalue weighted by atomic mass is 16.5. The molecule has 3 rings (SSSR count). The topological polar surface area (TPSA) is 58.6 Å². The molecule has 19 heavy (non-hydrogen) atoms. The number of nitrogens with zero attached hydrogens (tertiary/aromatic N) is 4. The molecule has 0 unspecified atom stereocenters. The lowest BCUT2D eigenvalue weighted by atomic mass is 9.98. The second kappa shape index (κ2) is 5.22. The highest BCUT2D eigenvalue weighted by molar-refractivity contribution is 5.93. The summed E-state index contributed by atoms with van der Waals surface area (Å²) in [5.74, 6) is 0.0346. The maximum absolute atomic E-state index is 12.4. The molecule has 1 aromatic rings. The summed E-state index contributed by atoms with van der Waals surface area (Å²) in [5, 5.41) is 7.47. The molecular weight excluding hydrogens is 244 g/mol. The third-order valence-corrected chi connectivity index (χ3v) is 3.98. The first-order chi connectivity index (χ1) is 9.25. The standard InChI is InChI=1S/C13H18N4O2/c1-16-6-7-19-12-3-5-17(9-11(12)16)13(18)10-2-4-14-15-8-10/h2,4,8,11-12H,3,5-7,9H2,1H3/t11-,12-/m1/s1. The first kappa shape index (κ1) is 12.5. The van der Waals surface area contributed by atoms with E-state index in [0.717, 1.165) is 32.7 Å². The smallest absolute Gasteiger partial charge is 0.255 e. The average molecular weight is 262 g/mol. The van der Waals surface area contributed by atoms with Gasteiger partial charge in [0.2, 0.25) is 0 Å². The molecule has 0 aromatic carbocycles. The van der Waals surface area contributed by atoms with Gasteiger partial charge in [-0.15, -0.1) is 0 Å². The number of fused-ring (bicyclic) bond motifs is 1. The van der Waals surface area contributed by atoms with Crippen molar-refractivity contribution in [2.45, 2.75) is 18.6 Å². The average Bonchev–Trinajstić information content (AvgIpc) is 2.47. The second-order valence-electron chi connectivity index (χ2n) is 5.13. The summed E-state index contributed by atoms with van der Waals surface area (Å²) in [5.41, 5.74) is 0.604. The normalized spacial score (nSPS) is 27.9. The molecule has 3 heterocycles. The van der Waals surface area contributed by atoms with Crippen LogP contribution >= 0.6 is 0 Å². The Balaban J connectivity index is 1.71. The molecule has 0 spiro atoms. The number of morpholine rings is 1. The van der Waals surface area contributed by atoms with Gasteiger partial charge in [0.1, 0.15) is 0 Å². The third-order valence-electron chi connectivity index (χ3n) is 3.98. The third kappa shape index (κ3) is 2.46. The minimum Gasteiger partial charge on any atom is -0.375 e. The molecule has 0 bridgehead atoms. The second-order valence-corrected chi connectivity index (χ2v) is 5.13. The summed E-state index contributed by atoms with van der Waals surface area (Å²) in [6.07, 6.45) is 4.24. The van der Waals surface area contributed by atoms with Crippen molar-refractivity contribution in [3.05, 3.63) is 24.0 Å². The lowest BCUT2D eigenvalue weighted by molar-refractivity contribution is -0.0893. The van der Waals surface area contributed by atoms with E-state index in [0.29, 0.717) is 11.6 Å². The van der Waals surface area contributed by atoms with E-state index in [-0.39, 0.29) is 12.0 Å². The molecule has 102 valence electrons. The van der Waals surface area contributed by atoms with Crippen LogP contribution in [0.25, 0.3) is 0 Å². The van der Waals surface area contributed by atoms with Crippen LogP contribution in [0.4, 0.5) is 0 Å². The Kier molecular flexibility index (Phi) is 3.44. The fourth-order valence-electron chi connectivity index (χ4n) is 2.83. The monoisotopic (exact) mass is 262 g/mol. The summed E-state index contributed by atoms with van der Waals surface area (Å²) in [4.78, 5) is 16.6. The number of piperidine rings is 1. The van der Waals surface area contributed by atoms with Crippen LogP contribution in [0, 0.1) is 0 Å². The van der Waals surface area contributed by atoms with Crippen LogP contribution in [0.5, 0.6) is 0 Å². The minimum atomic E-state index is 0.0346. The zero-order chi connectivity index (χ0) is 13.2. The lowest BCUT2D eigenvalue weighted by Crippen LogP contribution is -2.59. The summed E-state index contributed by atoms with van der Waals surface area (Å²) in [6, 6.07) is 2.02. The summed E-state index contributed by atoms with van der Waals surface area (Å²) in [7, 11) is 2.10. The van der Waals surface area contributed by atoms with Gasteiger partial charge in [0.25, 0.3) is 5.91 Å². The molecule has 0 saturated carbocycles. The Hall–Kier alpha value is -1.53. The molecule has 2 atom stereocenters. The van der Waals surface area contributed by atoms with Gasteiger partial charge in [-0.25, -0.2) is 0 Å². The summed E-state index contributed by atoms with van der Waals surface area (Å²) < 4.78 is 5.78. The number of hydrogen-bond donors (Lipinski definition) is 0. The molecule has 0 radical (unpaired) electrons. The van der Waals surface area contributed by atoms with Crippen molar-refractivity contribution in [3.63, 3.8) is 0 Å². The van der Waals surface area contributed by atoms with E-state index in [1.54, 1.807) is 12.3 Å². The van der Waals surface area contributed by atoms with Gasteiger partial charge in [0, 0.05) is 19.6 Å². The van der Waals surface area contributed by atoms with E-state index in [4.69, 9.17) is 4.74 Å². The number of aromatic nitrogens is 2. The van der Waals surface area contributed by atoms with Crippen LogP contribution in [-0.4, -0.2) is 71.3 Å². The number of ether oxygens (including phenoxy) is 1. The van der Waals surface area contributed by atoms with Crippen LogP contribution in [0.1, 0.15) is 16.8 Å². The maximum Gasteiger partial charge on any atom is 0.255 e. The van der Waals surface area contributed by atoms with Gasteiger partial charge >= 0.3 is 0 Å². The molecule has 6 heteroatoms. The van der Waals surface area contributed by atoms with Crippen LogP contribution in [0.2, 0.25) is 0 Å². The van der Waals surface area contributed by atoms with Crippen LogP contribution < -0.4 is 0 Å². The Labute approximate surface area is 112 Å². The van der Waals surface area contributed by atoms with E-state index < -0.39 is 0 Å². The number of likely N-dealkylation sites (tertiary alicyclic amines) is 1. The number of carbonyl (C=O) groups excluding carboxylic acids is 1. The van der Waals surface area contributed by atoms with Crippen molar-refractivity contribution in [3.8, 4) is 0 Å². The number of amides is 1. The molecule has 1 aromatic heterocycles. The van der Waals surface area contributed by atoms with Gasteiger partial charge in [0.05, 0.1) is 36.7 Å². The maximum atomic E-state index is 12.4. The SMILES string of the molecule is CN1CCO[C@@H]2CCN(C(=O)c3ccnnc3)C[C@H]21. The Morgan fingerprint density at radius 2 is 2.32 bits per heavy atom. The van der Waals surface area contributed by atoms with Crippen molar-refractivity contribution in [1.29, 1.82) is 0 Å². The van der Waals surface area contributed by atoms with Gasteiger partial charge in [-0.1, -0.05) is 0 Å². The zero-order valence-corrected chi connectivity index (χ0v) is 11.0. The number of likely N-dealkylation sites (N-methyl/N-ethyl adjacent to an activating group) is 1. The Morgan fingerprint density at radius 3 is 3.11 bits per heavy atom. The molecule has 2 aliphatic rings. The summed E-state index contributed by atoms with van der Waals surface area (Å²) in [6.45, 7) is 3.19. The lowest BCUT2D eigenvalue weighted by Gasteiger charge is -2.45. The highest BCUT2D eigenvalue weighted by Gasteiger charge is 2.37. The van der Waals surface area contributed by atoms with Crippen molar-refractivity contribution < 1.29 is 9.53 Å². The zero-order valence-electron chi connectivity index (χ0n) is 11.0. The minimum absolute atomic E-state index is 0.0346. The van der Waals surface area contributed by atoms with Gasteiger partial charge in [-0.05, 0) is 19.5 Å². The molecule has 2 aliphatic heterocycles. The molecule has 2 saturated heterocycles. The van der Waals surface area contributed by atoms with Gasteiger partial charge in [0.15, 0.2) is 0 Å². The van der Waals surface area contributed by atoms with E-state index in [1.165, 1.54) is 6.20 Å². The first-order valence-corrected chi connectivity index (χ1v) is 6.63.